The van der Waals surface area contributed by atoms with E-state index in [1.54, 1.807) is 17.0 Å². The van der Waals surface area contributed by atoms with Crippen LogP contribution in [0.2, 0.25) is 5.02 Å². The molecule has 0 saturated carbocycles. The number of unbranched alkanes of at least 4 members (excludes halogenated alkanes) is 2. The van der Waals surface area contributed by atoms with Gasteiger partial charge in [-0.3, -0.25) is 14.4 Å². The zero-order chi connectivity index (χ0) is 30.1. The van der Waals surface area contributed by atoms with Crippen molar-refractivity contribution in [2.24, 2.45) is 17.8 Å². The van der Waals surface area contributed by atoms with Crippen molar-refractivity contribution in [1.82, 2.24) is 4.90 Å². The maximum absolute atomic E-state index is 14.8. The van der Waals surface area contributed by atoms with Gasteiger partial charge in [-0.2, -0.15) is 0 Å². The number of halogens is 1. The Labute approximate surface area is 248 Å². The van der Waals surface area contributed by atoms with Gasteiger partial charge in [0.25, 0.3) is 5.91 Å². The van der Waals surface area contributed by atoms with Crippen LogP contribution in [0.25, 0.3) is 0 Å². The van der Waals surface area contributed by atoms with Gasteiger partial charge in [0, 0.05) is 6.54 Å². The van der Waals surface area contributed by atoms with Crippen LogP contribution in [-0.2, 0) is 23.9 Å². The summed E-state index contributed by atoms with van der Waals surface area (Å²) in [6, 6.07) is 3.71. The van der Waals surface area contributed by atoms with Crippen LogP contribution >= 0.6 is 11.6 Å². The van der Waals surface area contributed by atoms with E-state index in [4.69, 9.17) is 21.1 Å². The van der Waals surface area contributed by atoms with Crippen molar-refractivity contribution in [2.45, 2.75) is 83.1 Å². The summed E-state index contributed by atoms with van der Waals surface area (Å²) in [5.74, 6) is -3.11. The Morgan fingerprint density at radius 3 is 2.66 bits per heavy atom. The molecule has 3 saturated heterocycles. The fourth-order valence-electron chi connectivity index (χ4n) is 7.31. The molecule has 8 nitrogen and oxygen atoms in total. The highest BCUT2D eigenvalue weighted by atomic mass is 35.5. The highest BCUT2D eigenvalue weighted by Gasteiger charge is 2.80. The van der Waals surface area contributed by atoms with Gasteiger partial charge in [-0.25, -0.2) is 0 Å². The summed E-state index contributed by atoms with van der Waals surface area (Å²) >= 11 is 6.62. The SMILES string of the molecule is C=CCCCCOC(=O)[C@H]1[C@H]2C(=O)N([C@@H](CC)CO)C(C(=O)N(CC=C)c3c(C)cccc3Cl)C23CC(C)[C@]1(C)O3. The predicted molar refractivity (Wildman–Crippen MR) is 159 cm³/mol. The number of allylic oxidation sites excluding steroid dienone is 1. The molecular formula is C32H43ClN2O6. The Kier molecular flexibility index (Phi) is 9.36. The van der Waals surface area contributed by atoms with E-state index in [1.807, 2.05) is 45.9 Å². The summed E-state index contributed by atoms with van der Waals surface area (Å²) in [6.45, 7) is 15.2. The van der Waals surface area contributed by atoms with E-state index in [-0.39, 0.29) is 37.5 Å². The van der Waals surface area contributed by atoms with E-state index in [2.05, 4.69) is 13.2 Å². The Bertz CT molecular complexity index is 1180. The number of carbonyl (C=O) groups excluding carboxylic acids is 3. The molecule has 4 rings (SSSR count). The highest BCUT2D eigenvalue weighted by Crippen LogP contribution is 2.66. The van der Waals surface area contributed by atoms with Crippen molar-refractivity contribution < 1.29 is 29.0 Å². The van der Waals surface area contributed by atoms with Crippen LogP contribution < -0.4 is 4.90 Å². The van der Waals surface area contributed by atoms with Crippen molar-refractivity contribution in [3.05, 3.63) is 54.1 Å². The van der Waals surface area contributed by atoms with Gasteiger partial charge in [0.1, 0.15) is 17.6 Å². The maximum atomic E-state index is 14.8. The summed E-state index contributed by atoms with van der Waals surface area (Å²) < 4.78 is 12.5. The van der Waals surface area contributed by atoms with E-state index in [0.717, 1.165) is 18.4 Å². The van der Waals surface area contributed by atoms with Gasteiger partial charge in [0.05, 0.1) is 41.5 Å². The average Bonchev–Trinajstić information content (AvgIpc) is 3.45. The molecule has 2 amide bonds. The molecule has 3 unspecified atom stereocenters. The number of fused-ring (bicyclic) bond motifs is 1. The second-order valence-corrected chi connectivity index (χ2v) is 12.2. The Morgan fingerprint density at radius 2 is 2.05 bits per heavy atom. The number of amides is 2. The number of hydrogen-bond donors (Lipinski definition) is 1. The van der Waals surface area contributed by atoms with Gasteiger partial charge >= 0.3 is 5.97 Å². The van der Waals surface area contributed by atoms with Crippen LogP contribution in [0.15, 0.2) is 43.5 Å². The monoisotopic (exact) mass is 586 g/mol. The minimum Gasteiger partial charge on any atom is -0.465 e. The van der Waals surface area contributed by atoms with Crippen LogP contribution in [0.1, 0.15) is 58.4 Å². The van der Waals surface area contributed by atoms with Crippen LogP contribution in [-0.4, -0.2) is 70.8 Å². The molecule has 0 aromatic heterocycles. The lowest BCUT2D eigenvalue weighted by molar-refractivity contribution is -0.162. The van der Waals surface area contributed by atoms with Gasteiger partial charge < -0.3 is 24.4 Å². The third-order valence-corrected chi connectivity index (χ3v) is 9.70. The smallest absolute Gasteiger partial charge is 0.312 e. The zero-order valence-corrected chi connectivity index (χ0v) is 25.4. The average molecular weight is 587 g/mol. The van der Waals surface area contributed by atoms with Crippen LogP contribution in [0.4, 0.5) is 5.69 Å². The van der Waals surface area contributed by atoms with Crippen LogP contribution in [0, 0.1) is 24.7 Å². The summed E-state index contributed by atoms with van der Waals surface area (Å²) in [5.41, 5.74) is -0.910. The quantitative estimate of drug-likeness (QED) is 0.202. The minimum atomic E-state index is -1.26. The number of aliphatic hydroxyl groups is 1. The first-order valence-electron chi connectivity index (χ1n) is 14.6. The number of hydrogen-bond acceptors (Lipinski definition) is 6. The van der Waals surface area contributed by atoms with Crippen molar-refractivity contribution >= 4 is 35.1 Å². The third-order valence-electron chi connectivity index (χ3n) is 9.40. The number of aryl methyl sites for hydroxylation is 1. The molecule has 224 valence electrons. The third kappa shape index (κ3) is 5.02. The highest BCUT2D eigenvalue weighted by molar-refractivity contribution is 6.34. The second-order valence-electron chi connectivity index (χ2n) is 11.8. The largest absolute Gasteiger partial charge is 0.465 e. The van der Waals surface area contributed by atoms with Gasteiger partial charge in [-0.05, 0) is 63.5 Å². The molecule has 0 aliphatic carbocycles. The van der Waals surface area contributed by atoms with Crippen LogP contribution in [0.5, 0.6) is 0 Å². The summed E-state index contributed by atoms with van der Waals surface area (Å²) in [5, 5.41) is 10.7. The van der Waals surface area contributed by atoms with Crippen molar-refractivity contribution in [3.63, 3.8) is 0 Å². The zero-order valence-electron chi connectivity index (χ0n) is 24.6. The van der Waals surface area contributed by atoms with Gasteiger partial charge in [0.2, 0.25) is 5.91 Å². The molecule has 41 heavy (non-hydrogen) atoms. The number of anilines is 1. The second kappa shape index (κ2) is 12.3. The number of likely N-dealkylation sites (tertiary alicyclic amines) is 1. The number of benzene rings is 1. The fourth-order valence-corrected chi connectivity index (χ4v) is 7.63. The normalized spacial score (nSPS) is 30.7. The molecule has 1 aromatic rings. The van der Waals surface area contributed by atoms with Gasteiger partial charge in [0.15, 0.2) is 0 Å². The standard InChI is InChI=1S/C32H43ClN2O6/c1-7-10-11-12-17-40-30(39)25-24-28(37)35(22(9-3)19-36)27(32(24)18-21(5)31(25,6)41-32)29(38)34(16-8-2)26-20(4)14-13-15-23(26)33/h7-8,13-15,21-22,24-25,27,36H,1-2,9-12,16-19H2,3-6H3/t21?,22-,24-,25+,27?,31-,32?/m0/s1. The minimum absolute atomic E-state index is 0.121. The van der Waals surface area contributed by atoms with E-state index >= 15 is 0 Å². The van der Waals surface area contributed by atoms with E-state index in [1.165, 1.54) is 4.90 Å². The number of nitrogens with zero attached hydrogens (tertiary/aromatic N) is 2. The molecule has 1 N–H and O–H groups in total. The van der Waals surface area contributed by atoms with E-state index < -0.39 is 41.1 Å². The summed E-state index contributed by atoms with van der Waals surface area (Å²) in [4.78, 5) is 45.8. The molecule has 1 spiro atoms. The molecule has 3 aliphatic heterocycles. The topological polar surface area (TPSA) is 96.4 Å². The molecule has 3 aliphatic rings. The number of aliphatic hydroxyl groups excluding tert-OH is 1. The van der Waals surface area contributed by atoms with Crippen molar-refractivity contribution in [3.8, 4) is 0 Å². The Morgan fingerprint density at radius 1 is 1.32 bits per heavy atom. The lowest BCUT2D eigenvalue weighted by Crippen LogP contribution is -2.59. The molecule has 3 heterocycles. The number of carbonyl (C=O) groups is 3. The lowest BCUT2D eigenvalue weighted by atomic mass is 9.62. The summed E-state index contributed by atoms with van der Waals surface area (Å²) in [7, 11) is 0. The molecule has 9 heteroatoms. The molecule has 3 fully saturated rings. The predicted octanol–water partition coefficient (Wildman–Crippen LogP) is 4.85. The van der Waals surface area contributed by atoms with Crippen molar-refractivity contribution in [2.75, 3.05) is 24.7 Å². The summed E-state index contributed by atoms with van der Waals surface area (Å²) in [6.07, 6.45) is 6.64. The first kappa shape index (κ1) is 31.3. The van der Waals surface area contributed by atoms with Crippen LogP contribution in [0.3, 0.4) is 0 Å². The van der Waals surface area contributed by atoms with Crippen molar-refractivity contribution in [1.29, 1.82) is 0 Å². The van der Waals surface area contributed by atoms with E-state index in [9.17, 15) is 19.5 Å². The molecular weight excluding hydrogens is 544 g/mol. The molecule has 1 aromatic carbocycles. The molecule has 7 atom stereocenters. The molecule has 0 radical (unpaired) electrons. The van der Waals surface area contributed by atoms with E-state index in [0.29, 0.717) is 30.0 Å². The number of para-hydroxylation sites is 1. The lowest BCUT2D eigenvalue weighted by Gasteiger charge is -2.39. The first-order chi connectivity index (χ1) is 19.5. The first-order valence-corrected chi connectivity index (χ1v) is 15.0. The Balaban J connectivity index is 1.80. The maximum Gasteiger partial charge on any atom is 0.312 e. The fraction of sp³-hybridized carbons (Fsp3) is 0.594. The Hall–Kier alpha value is -2.68. The number of ether oxygens (including phenoxy) is 2. The molecule has 2 bridgehead atoms. The van der Waals surface area contributed by atoms with Gasteiger partial charge in [-0.1, -0.05) is 49.7 Å². The van der Waals surface area contributed by atoms with Gasteiger partial charge in [-0.15, -0.1) is 13.2 Å². The number of rotatable bonds is 13. The number of esters is 1.